The molecule has 0 fully saturated rings. The van der Waals surface area contributed by atoms with Crippen molar-refractivity contribution >= 4 is 11.9 Å². The lowest BCUT2D eigenvalue weighted by molar-refractivity contribution is -0.137. The second kappa shape index (κ2) is 7.69. The van der Waals surface area contributed by atoms with Crippen molar-refractivity contribution in [1.29, 1.82) is 0 Å². The number of nitrogens with zero attached hydrogens (tertiary/aromatic N) is 1. The number of aliphatic imine (C=N–C) groups is 1. The summed E-state index contributed by atoms with van der Waals surface area (Å²) in [4.78, 5) is 13.3. The van der Waals surface area contributed by atoms with Crippen molar-refractivity contribution in [3.05, 3.63) is 65.2 Å². The van der Waals surface area contributed by atoms with Gasteiger partial charge >= 0.3 is 12.3 Å². The fourth-order valence-corrected chi connectivity index (χ4v) is 2.14. The van der Waals surface area contributed by atoms with Crippen molar-refractivity contribution in [3.63, 3.8) is 0 Å². The van der Waals surface area contributed by atoms with Crippen LogP contribution in [0.5, 0.6) is 5.75 Å². The highest BCUT2D eigenvalue weighted by Crippen LogP contribution is 2.34. The Kier molecular flexibility index (Phi) is 5.63. The minimum absolute atomic E-state index is 0.0168. The highest BCUT2D eigenvalue weighted by molar-refractivity contribution is 6.02. The van der Waals surface area contributed by atoms with Crippen LogP contribution in [-0.4, -0.2) is 23.6 Å². The molecule has 0 bridgehead atoms. The SMILES string of the molecule is FC(F)(F)c1ccc2c(c1)CCO2.N/C(=N\C(=O)O)c1ccccc1. The number of amidine groups is 1. The van der Waals surface area contributed by atoms with Crippen LogP contribution < -0.4 is 10.5 Å². The molecular weight excluding hydrogens is 337 g/mol. The average molecular weight is 352 g/mol. The molecular formula is C17H15F3N2O3. The summed E-state index contributed by atoms with van der Waals surface area (Å²) in [7, 11) is 0. The number of alkyl halides is 3. The van der Waals surface area contributed by atoms with Crippen molar-refractivity contribution in [2.45, 2.75) is 12.6 Å². The Bertz CT molecular complexity index is 774. The van der Waals surface area contributed by atoms with Crippen LogP contribution in [0, 0.1) is 0 Å². The second-order valence-corrected chi connectivity index (χ2v) is 5.06. The Morgan fingerprint density at radius 1 is 1.16 bits per heavy atom. The molecule has 3 rings (SSSR count). The fourth-order valence-electron chi connectivity index (χ4n) is 2.14. The van der Waals surface area contributed by atoms with Crippen LogP contribution in [0.1, 0.15) is 16.7 Å². The standard InChI is InChI=1S/C9H7F3O.C8H8N2O2/c10-9(11,12)7-1-2-8-6(5-7)3-4-13-8;9-7(10-8(11)12)6-4-2-1-3-5-6/h1-2,5H,3-4H2;1-5H,(H2,9,10)(H,11,12). The molecule has 0 atom stereocenters. The first-order valence-electron chi connectivity index (χ1n) is 7.23. The maximum Gasteiger partial charge on any atom is 0.433 e. The average Bonchev–Trinajstić information content (AvgIpc) is 3.02. The monoisotopic (exact) mass is 352 g/mol. The molecule has 0 aliphatic carbocycles. The van der Waals surface area contributed by atoms with Crippen LogP contribution in [-0.2, 0) is 12.6 Å². The van der Waals surface area contributed by atoms with Gasteiger partial charge in [-0.05, 0) is 23.8 Å². The summed E-state index contributed by atoms with van der Waals surface area (Å²) in [6.45, 7) is 0.483. The van der Waals surface area contributed by atoms with E-state index >= 15 is 0 Å². The minimum Gasteiger partial charge on any atom is -0.493 e. The highest BCUT2D eigenvalue weighted by Gasteiger charge is 2.31. The number of carbonyl (C=O) groups is 1. The number of carboxylic acid groups (broad SMARTS) is 1. The van der Waals surface area contributed by atoms with Gasteiger partial charge in [0.15, 0.2) is 0 Å². The Morgan fingerprint density at radius 3 is 2.44 bits per heavy atom. The molecule has 2 aromatic rings. The molecule has 25 heavy (non-hydrogen) atoms. The summed E-state index contributed by atoms with van der Waals surface area (Å²) >= 11 is 0. The minimum atomic E-state index is -4.25. The van der Waals surface area contributed by atoms with Gasteiger partial charge in [0.1, 0.15) is 11.6 Å². The number of hydrogen-bond donors (Lipinski definition) is 2. The van der Waals surface area contributed by atoms with Gasteiger partial charge in [0, 0.05) is 12.0 Å². The van der Waals surface area contributed by atoms with Crippen LogP contribution in [0.15, 0.2) is 53.5 Å². The number of halogens is 3. The molecule has 3 N–H and O–H groups in total. The topological polar surface area (TPSA) is 84.9 Å². The first-order chi connectivity index (χ1) is 11.8. The molecule has 1 aliphatic heterocycles. The normalized spacial score (nSPS) is 13.3. The number of nitrogens with two attached hydrogens (primary N) is 1. The van der Waals surface area contributed by atoms with Crippen LogP contribution in [0.25, 0.3) is 0 Å². The molecule has 5 nitrogen and oxygen atoms in total. The van der Waals surface area contributed by atoms with E-state index < -0.39 is 17.8 Å². The fraction of sp³-hybridized carbons (Fsp3) is 0.176. The molecule has 0 spiro atoms. The van der Waals surface area contributed by atoms with E-state index in [1.54, 1.807) is 24.3 Å². The summed E-state index contributed by atoms with van der Waals surface area (Å²) in [5.74, 6) is 0.594. The van der Waals surface area contributed by atoms with E-state index in [1.165, 1.54) is 6.07 Å². The zero-order valence-corrected chi connectivity index (χ0v) is 13.0. The van der Waals surface area contributed by atoms with E-state index in [9.17, 15) is 18.0 Å². The molecule has 132 valence electrons. The predicted octanol–water partition coefficient (Wildman–Crippen LogP) is 3.71. The van der Waals surface area contributed by atoms with Gasteiger partial charge in [-0.1, -0.05) is 30.3 Å². The molecule has 1 aliphatic rings. The summed E-state index contributed by atoms with van der Waals surface area (Å²) in [5, 5.41) is 8.28. The lowest BCUT2D eigenvalue weighted by atomic mass is 10.1. The largest absolute Gasteiger partial charge is 0.493 e. The first kappa shape index (κ1) is 18.3. The number of ether oxygens (including phenoxy) is 1. The van der Waals surface area contributed by atoms with Crippen molar-refractivity contribution < 1.29 is 27.8 Å². The van der Waals surface area contributed by atoms with Crippen LogP contribution in [0.2, 0.25) is 0 Å². The van der Waals surface area contributed by atoms with E-state index in [2.05, 4.69) is 4.99 Å². The predicted molar refractivity (Wildman–Crippen MR) is 85.8 cm³/mol. The Labute approximate surface area is 141 Å². The van der Waals surface area contributed by atoms with E-state index in [1.807, 2.05) is 6.07 Å². The third-order valence-corrected chi connectivity index (χ3v) is 3.30. The number of rotatable bonds is 1. The zero-order chi connectivity index (χ0) is 18.4. The Hall–Kier alpha value is -3.03. The van der Waals surface area contributed by atoms with E-state index in [0.29, 0.717) is 29.9 Å². The van der Waals surface area contributed by atoms with Crippen molar-refractivity contribution in [3.8, 4) is 5.75 Å². The van der Waals surface area contributed by atoms with Crippen LogP contribution in [0.3, 0.4) is 0 Å². The molecule has 0 unspecified atom stereocenters. The first-order valence-corrected chi connectivity index (χ1v) is 7.23. The maximum atomic E-state index is 12.2. The highest BCUT2D eigenvalue weighted by atomic mass is 19.4. The summed E-state index contributed by atoms with van der Waals surface area (Å²) in [5.41, 5.74) is 6.02. The summed E-state index contributed by atoms with van der Waals surface area (Å²) in [6.07, 6.45) is -4.96. The van der Waals surface area contributed by atoms with Crippen molar-refractivity contribution in [2.24, 2.45) is 10.7 Å². The van der Waals surface area contributed by atoms with Gasteiger partial charge in [-0.3, -0.25) is 0 Å². The smallest absolute Gasteiger partial charge is 0.433 e. The Morgan fingerprint density at radius 2 is 1.84 bits per heavy atom. The molecule has 0 saturated heterocycles. The number of hydrogen-bond acceptors (Lipinski definition) is 2. The number of fused-ring (bicyclic) bond motifs is 1. The zero-order valence-electron chi connectivity index (χ0n) is 13.0. The van der Waals surface area contributed by atoms with Crippen molar-refractivity contribution in [2.75, 3.05) is 6.61 Å². The molecule has 8 heteroatoms. The molecule has 2 aromatic carbocycles. The van der Waals surface area contributed by atoms with Crippen LogP contribution >= 0.6 is 0 Å². The van der Waals surface area contributed by atoms with Crippen LogP contribution in [0.4, 0.5) is 18.0 Å². The van der Waals surface area contributed by atoms with E-state index in [0.717, 1.165) is 12.1 Å². The summed E-state index contributed by atoms with van der Waals surface area (Å²) in [6, 6.07) is 12.3. The van der Waals surface area contributed by atoms with Gasteiger partial charge < -0.3 is 15.6 Å². The number of benzene rings is 2. The van der Waals surface area contributed by atoms with Gasteiger partial charge in [-0.2, -0.15) is 18.2 Å². The molecule has 1 amide bonds. The molecule has 0 radical (unpaired) electrons. The third kappa shape index (κ3) is 5.23. The summed E-state index contributed by atoms with van der Waals surface area (Å²) < 4.78 is 41.7. The Balaban J connectivity index is 0.000000181. The molecule has 0 aromatic heterocycles. The van der Waals surface area contributed by atoms with Gasteiger partial charge in [-0.25, -0.2) is 4.79 Å². The van der Waals surface area contributed by atoms with Gasteiger partial charge in [0.05, 0.1) is 12.2 Å². The van der Waals surface area contributed by atoms with Gasteiger partial charge in [0.25, 0.3) is 0 Å². The second-order valence-electron chi connectivity index (χ2n) is 5.06. The van der Waals surface area contributed by atoms with E-state index in [4.69, 9.17) is 15.6 Å². The molecule has 1 heterocycles. The quantitative estimate of drug-likeness (QED) is 0.605. The van der Waals surface area contributed by atoms with Gasteiger partial charge in [0.2, 0.25) is 0 Å². The third-order valence-electron chi connectivity index (χ3n) is 3.30. The van der Waals surface area contributed by atoms with Gasteiger partial charge in [-0.15, -0.1) is 0 Å². The number of amides is 1. The molecule has 0 saturated carbocycles. The lowest BCUT2D eigenvalue weighted by Crippen LogP contribution is -2.14. The van der Waals surface area contributed by atoms with Crippen molar-refractivity contribution in [1.82, 2.24) is 0 Å². The van der Waals surface area contributed by atoms with E-state index in [-0.39, 0.29) is 5.84 Å². The lowest BCUT2D eigenvalue weighted by Gasteiger charge is -2.07. The maximum absolute atomic E-state index is 12.2.